The largest absolute Gasteiger partial charge is 0.310 e. The minimum atomic E-state index is 0.377. The van der Waals surface area contributed by atoms with Crippen LogP contribution in [0.2, 0.25) is 5.02 Å². The second kappa shape index (κ2) is 8.11. The summed E-state index contributed by atoms with van der Waals surface area (Å²) >= 11 is 8.42. The van der Waals surface area contributed by atoms with Crippen molar-refractivity contribution in [1.82, 2.24) is 5.32 Å². The molecule has 0 aliphatic carbocycles. The Balaban J connectivity index is 2.78. The normalized spacial score (nSPS) is 12.4. The predicted octanol–water partition coefficient (Wildman–Crippen LogP) is 4.95. The summed E-state index contributed by atoms with van der Waals surface area (Å²) in [5.41, 5.74) is 1.27. The van der Waals surface area contributed by atoms with Gasteiger partial charge < -0.3 is 5.32 Å². The van der Waals surface area contributed by atoms with Gasteiger partial charge in [0, 0.05) is 9.61 Å². The fourth-order valence-electron chi connectivity index (χ4n) is 1.72. The van der Waals surface area contributed by atoms with Gasteiger partial charge >= 0.3 is 0 Å². The van der Waals surface area contributed by atoms with Crippen molar-refractivity contribution in [2.24, 2.45) is 0 Å². The number of benzene rings is 1. The van der Waals surface area contributed by atoms with Crippen molar-refractivity contribution < 1.29 is 0 Å². The molecule has 0 radical (unpaired) electrons. The van der Waals surface area contributed by atoms with E-state index >= 15 is 0 Å². The molecule has 0 saturated heterocycles. The van der Waals surface area contributed by atoms with E-state index in [2.05, 4.69) is 59.6 Å². The molecule has 1 nitrogen and oxygen atoms in total. The molecule has 1 atom stereocenters. The van der Waals surface area contributed by atoms with Crippen molar-refractivity contribution >= 4 is 34.2 Å². The lowest BCUT2D eigenvalue weighted by atomic mass is 10.0. The van der Waals surface area contributed by atoms with Crippen molar-refractivity contribution in [3.8, 4) is 0 Å². The Morgan fingerprint density at radius 2 is 2.29 bits per heavy atom. The number of nitrogens with one attached hydrogen (secondary N) is 1. The SMILES string of the molecule is C=CCCC(NCCC)c1ccc(I)c(Cl)c1. The first-order valence-corrected chi connectivity index (χ1v) is 7.44. The summed E-state index contributed by atoms with van der Waals surface area (Å²) in [4.78, 5) is 0. The molecule has 0 spiro atoms. The highest BCUT2D eigenvalue weighted by molar-refractivity contribution is 14.1. The van der Waals surface area contributed by atoms with Crippen LogP contribution in [0, 0.1) is 3.57 Å². The lowest BCUT2D eigenvalue weighted by molar-refractivity contribution is 0.503. The monoisotopic (exact) mass is 363 g/mol. The molecule has 0 aliphatic heterocycles. The Kier molecular flexibility index (Phi) is 7.16. The third-order valence-corrected chi connectivity index (χ3v) is 4.22. The topological polar surface area (TPSA) is 12.0 Å². The first-order chi connectivity index (χ1) is 8.19. The standard InChI is InChI=1S/C14H19ClIN/c1-3-5-6-14(17-9-4-2)11-7-8-13(16)12(15)10-11/h3,7-8,10,14,17H,1,4-6,9H2,2H3. The number of halogens is 2. The van der Waals surface area contributed by atoms with Crippen molar-refractivity contribution in [3.63, 3.8) is 0 Å². The zero-order chi connectivity index (χ0) is 12.7. The van der Waals surface area contributed by atoms with Gasteiger partial charge in [0.1, 0.15) is 0 Å². The average Bonchev–Trinajstić information content (AvgIpc) is 2.33. The van der Waals surface area contributed by atoms with Crippen molar-refractivity contribution in [1.29, 1.82) is 0 Å². The molecule has 17 heavy (non-hydrogen) atoms. The lowest BCUT2D eigenvalue weighted by Crippen LogP contribution is -2.22. The van der Waals surface area contributed by atoms with Crippen molar-refractivity contribution in [2.45, 2.75) is 32.2 Å². The zero-order valence-electron chi connectivity index (χ0n) is 10.2. The minimum Gasteiger partial charge on any atom is -0.310 e. The van der Waals surface area contributed by atoms with E-state index in [-0.39, 0.29) is 0 Å². The Morgan fingerprint density at radius 1 is 1.53 bits per heavy atom. The molecule has 3 heteroatoms. The van der Waals surface area contributed by atoms with Crippen LogP contribution in [0.15, 0.2) is 30.9 Å². The highest BCUT2D eigenvalue weighted by Gasteiger charge is 2.10. The van der Waals surface area contributed by atoms with Gasteiger partial charge in [-0.25, -0.2) is 0 Å². The van der Waals surface area contributed by atoms with E-state index in [0.29, 0.717) is 6.04 Å². The second-order valence-corrected chi connectivity index (χ2v) is 5.62. The van der Waals surface area contributed by atoms with Crippen LogP contribution >= 0.6 is 34.2 Å². The van der Waals surface area contributed by atoms with E-state index in [9.17, 15) is 0 Å². The summed E-state index contributed by atoms with van der Waals surface area (Å²) in [5, 5.41) is 4.40. The van der Waals surface area contributed by atoms with Crippen LogP contribution in [0.3, 0.4) is 0 Å². The molecule has 0 aliphatic rings. The quantitative estimate of drug-likeness (QED) is 0.534. The molecule has 0 aromatic heterocycles. The summed E-state index contributed by atoms with van der Waals surface area (Å²) in [6.45, 7) is 7.00. The Labute approximate surface area is 123 Å². The van der Waals surface area contributed by atoms with Crippen LogP contribution in [0.1, 0.15) is 37.8 Å². The first kappa shape index (κ1) is 15.0. The fraction of sp³-hybridized carbons (Fsp3) is 0.429. The van der Waals surface area contributed by atoms with E-state index in [1.807, 2.05) is 6.08 Å². The number of hydrogen-bond acceptors (Lipinski definition) is 1. The molecule has 0 saturated carbocycles. The van der Waals surface area contributed by atoms with Crippen LogP contribution < -0.4 is 5.32 Å². The van der Waals surface area contributed by atoms with Crippen LogP contribution in [-0.4, -0.2) is 6.54 Å². The van der Waals surface area contributed by atoms with Gasteiger partial charge in [-0.3, -0.25) is 0 Å². The Hall–Kier alpha value is -0.0600. The van der Waals surface area contributed by atoms with Crippen LogP contribution in [-0.2, 0) is 0 Å². The highest BCUT2D eigenvalue weighted by Crippen LogP contribution is 2.25. The predicted molar refractivity (Wildman–Crippen MR) is 84.6 cm³/mol. The van der Waals surface area contributed by atoms with E-state index in [1.165, 1.54) is 5.56 Å². The molecular weight excluding hydrogens is 345 g/mol. The molecule has 94 valence electrons. The maximum absolute atomic E-state index is 6.17. The third kappa shape index (κ3) is 4.98. The maximum atomic E-state index is 6.17. The minimum absolute atomic E-state index is 0.377. The number of rotatable bonds is 7. The van der Waals surface area contributed by atoms with Gasteiger partial charge in [-0.05, 0) is 66.1 Å². The highest BCUT2D eigenvalue weighted by atomic mass is 127. The summed E-state index contributed by atoms with van der Waals surface area (Å²) in [7, 11) is 0. The molecule has 0 heterocycles. The Morgan fingerprint density at radius 3 is 2.88 bits per heavy atom. The van der Waals surface area contributed by atoms with Gasteiger partial charge in [0.25, 0.3) is 0 Å². The Bertz CT molecular complexity index is 365. The van der Waals surface area contributed by atoms with Gasteiger partial charge in [0.2, 0.25) is 0 Å². The number of hydrogen-bond donors (Lipinski definition) is 1. The zero-order valence-corrected chi connectivity index (χ0v) is 13.1. The van der Waals surface area contributed by atoms with E-state index in [4.69, 9.17) is 11.6 Å². The number of allylic oxidation sites excluding steroid dienone is 1. The van der Waals surface area contributed by atoms with Crippen molar-refractivity contribution in [3.05, 3.63) is 45.0 Å². The summed E-state index contributed by atoms with van der Waals surface area (Å²) in [5.74, 6) is 0. The molecule has 1 N–H and O–H groups in total. The third-order valence-electron chi connectivity index (χ3n) is 2.65. The van der Waals surface area contributed by atoms with Gasteiger partial charge in [-0.2, -0.15) is 0 Å². The van der Waals surface area contributed by atoms with Gasteiger partial charge in [-0.15, -0.1) is 6.58 Å². The molecule has 1 unspecified atom stereocenters. The second-order valence-electron chi connectivity index (χ2n) is 4.05. The molecule has 1 aromatic carbocycles. The van der Waals surface area contributed by atoms with E-state index in [0.717, 1.165) is 34.4 Å². The molecule has 1 rings (SSSR count). The molecular formula is C14H19ClIN. The molecule has 0 bridgehead atoms. The van der Waals surface area contributed by atoms with Crippen LogP contribution in [0.5, 0.6) is 0 Å². The van der Waals surface area contributed by atoms with Crippen LogP contribution in [0.4, 0.5) is 0 Å². The molecule has 0 amide bonds. The summed E-state index contributed by atoms with van der Waals surface area (Å²) in [6.07, 6.45) is 5.20. The van der Waals surface area contributed by atoms with E-state index in [1.54, 1.807) is 0 Å². The van der Waals surface area contributed by atoms with Gasteiger partial charge in [0.05, 0.1) is 5.02 Å². The van der Waals surface area contributed by atoms with Crippen LogP contribution in [0.25, 0.3) is 0 Å². The maximum Gasteiger partial charge on any atom is 0.0542 e. The first-order valence-electron chi connectivity index (χ1n) is 5.98. The van der Waals surface area contributed by atoms with Gasteiger partial charge in [-0.1, -0.05) is 30.7 Å². The summed E-state index contributed by atoms with van der Waals surface area (Å²) < 4.78 is 1.10. The van der Waals surface area contributed by atoms with Gasteiger partial charge in [0.15, 0.2) is 0 Å². The summed E-state index contributed by atoms with van der Waals surface area (Å²) in [6, 6.07) is 6.68. The molecule has 1 aromatic rings. The molecule has 0 fully saturated rings. The lowest BCUT2D eigenvalue weighted by Gasteiger charge is -2.19. The average molecular weight is 364 g/mol. The fourth-order valence-corrected chi connectivity index (χ4v) is 2.24. The van der Waals surface area contributed by atoms with E-state index < -0.39 is 0 Å². The smallest absolute Gasteiger partial charge is 0.0542 e. The van der Waals surface area contributed by atoms with Crippen molar-refractivity contribution in [2.75, 3.05) is 6.54 Å².